The number of aryl methyl sites for hydroxylation is 1. The van der Waals surface area contributed by atoms with Gasteiger partial charge in [-0.15, -0.1) is 0 Å². The lowest BCUT2D eigenvalue weighted by Gasteiger charge is -2.12. The van der Waals surface area contributed by atoms with E-state index in [1.165, 1.54) is 0 Å². The molecule has 0 aromatic heterocycles. The predicted molar refractivity (Wildman–Crippen MR) is 118 cm³/mol. The largest absolute Gasteiger partial charge is 0.506 e. The van der Waals surface area contributed by atoms with Gasteiger partial charge < -0.3 is 10.4 Å². The molecule has 0 saturated carbocycles. The van der Waals surface area contributed by atoms with Crippen LogP contribution in [0.25, 0.3) is 10.8 Å². The second kappa shape index (κ2) is 7.98. The molecule has 4 aromatic carbocycles. The van der Waals surface area contributed by atoms with Gasteiger partial charge in [0.25, 0.3) is 5.91 Å². The standard InChI is InChI=1S/C25H20N2O2/c1-17-9-5-8-14-23(17)26-16-22-20-13-7-6-10-18(20)15-21(24(22)28)25(29)27-19-11-3-2-4-12-19/h2-16,28H,1H3,(H,27,29). The highest BCUT2D eigenvalue weighted by molar-refractivity contribution is 6.13. The highest BCUT2D eigenvalue weighted by Crippen LogP contribution is 2.31. The number of phenolic OH excluding ortho intramolecular Hbond substituents is 1. The molecule has 0 aliphatic carbocycles. The fourth-order valence-electron chi connectivity index (χ4n) is 3.23. The molecule has 0 saturated heterocycles. The molecule has 29 heavy (non-hydrogen) atoms. The molecule has 0 fully saturated rings. The van der Waals surface area contributed by atoms with Crippen molar-refractivity contribution in [3.63, 3.8) is 0 Å². The molecular weight excluding hydrogens is 360 g/mol. The molecule has 4 heteroatoms. The van der Waals surface area contributed by atoms with Crippen molar-refractivity contribution in [2.75, 3.05) is 5.32 Å². The summed E-state index contributed by atoms with van der Waals surface area (Å²) < 4.78 is 0. The highest BCUT2D eigenvalue weighted by Gasteiger charge is 2.17. The number of hydrogen-bond donors (Lipinski definition) is 2. The molecule has 4 nitrogen and oxygen atoms in total. The van der Waals surface area contributed by atoms with E-state index in [4.69, 9.17) is 0 Å². The number of hydrogen-bond acceptors (Lipinski definition) is 3. The van der Waals surface area contributed by atoms with Gasteiger partial charge in [0, 0.05) is 17.5 Å². The maximum absolute atomic E-state index is 12.8. The van der Waals surface area contributed by atoms with E-state index >= 15 is 0 Å². The van der Waals surface area contributed by atoms with Crippen LogP contribution in [0, 0.1) is 6.92 Å². The van der Waals surface area contributed by atoms with Gasteiger partial charge in [0.05, 0.1) is 11.3 Å². The average Bonchev–Trinajstić information content (AvgIpc) is 2.74. The zero-order valence-electron chi connectivity index (χ0n) is 16.0. The summed E-state index contributed by atoms with van der Waals surface area (Å²) in [5.74, 6) is -0.459. The van der Waals surface area contributed by atoms with Crippen LogP contribution in [0.4, 0.5) is 11.4 Å². The number of amides is 1. The Morgan fingerprint density at radius 3 is 2.41 bits per heavy atom. The van der Waals surface area contributed by atoms with Crippen LogP contribution in [0.2, 0.25) is 0 Å². The first-order chi connectivity index (χ1) is 14.1. The van der Waals surface area contributed by atoms with Crippen molar-refractivity contribution in [1.29, 1.82) is 0 Å². The summed E-state index contributed by atoms with van der Waals surface area (Å²) in [6.45, 7) is 1.98. The van der Waals surface area contributed by atoms with E-state index < -0.39 is 0 Å². The fraction of sp³-hybridized carbons (Fsp3) is 0.0400. The van der Waals surface area contributed by atoms with Crippen molar-refractivity contribution in [2.45, 2.75) is 6.92 Å². The lowest BCUT2D eigenvalue weighted by atomic mass is 9.99. The van der Waals surface area contributed by atoms with Crippen LogP contribution in [0.15, 0.2) is 89.9 Å². The molecule has 2 N–H and O–H groups in total. The second-order valence-corrected chi connectivity index (χ2v) is 6.77. The molecule has 0 aliphatic heterocycles. The van der Waals surface area contributed by atoms with Gasteiger partial charge in [-0.1, -0.05) is 60.7 Å². The van der Waals surface area contributed by atoms with E-state index in [0.717, 1.165) is 22.0 Å². The van der Waals surface area contributed by atoms with Gasteiger partial charge >= 0.3 is 0 Å². The number of anilines is 1. The summed E-state index contributed by atoms with van der Waals surface area (Å²) in [6, 6.07) is 26.3. The molecule has 0 bridgehead atoms. The van der Waals surface area contributed by atoms with Crippen molar-refractivity contribution >= 4 is 34.3 Å². The van der Waals surface area contributed by atoms with Crippen LogP contribution in [0.3, 0.4) is 0 Å². The SMILES string of the molecule is Cc1ccccc1N=Cc1c(O)c(C(=O)Nc2ccccc2)cc2ccccc12. The molecule has 4 rings (SSSR count). The zero-order valence-corrected chi connectivity index (χ0v) is 16.0. The quantitative estimate of drug-likeness (QED) is 0.436. The van der Waals surface area contributed by atoms with Gasteiger partial charge in [0.15, 0.2) is 0 Å². The second-order valence-electron chi connectivity index (χ2n) is 6.77. The Bertz CT molecular complexity index is 1210. The van der Waals surface area contributed by atoms with E-state index in [2.05, 4.69) is 10.3 Å². The molecular formula is C25H20N2O2. The van der Waals surface area contributed by atoms with Crippen molar-refractivity contribution in [3.8, 4) is 5.75 Å². The number of benzene rings is 4. The third-order valence-electron chi connectivity index (χ3n) is 4.79. The van der Waals surface area contributed by atoms with Crippen molar-refractivity contribution < 1.29 is 9.90 Å². The summed E-state index contributed by atoms with van der Waals surface area (Å²) in [5.41, 5.74) is 3.24. The number of nitrogens with one attached hydrogen (secondary N) is 1. The van der Waals surface area contributed by atoms with Crippen LogP contribution >= 0.6 is 0 Å². The first kappa shape index (κ1) is 18.4. The molecule has 0 spiro atoms. The Morgan fingerprint density at radius 1 is 0.931 bits per heavy atom. The van der Waals surface area contributed by atoms with Crippen LogP contribution in [0.5, 0.6) is 5.75 Å². The molecule has 0 radical (unpaired) electrons. The first-order valence-electron chi connectivity index (χ1n) is 9.34. The predicted octanol–water partition coefficient (Wildman–Crippen LogP) is 5.86. The van der Waals surface area contributed by atoms with Gasteiger partial charge in [-0.25, -0.2) is 0 Å². The molecule has 4 aromatic rings. The number of nitrogens with zero attached hydrogens (tertiary/aromatic N) is 1. The van der Waals surface area contributed by atoms with Crippen LogP contribution in [-0.4, -0.2) is 17.2 Å². The zero-order chi connectivity index (χ0) is 20.2. The fourth-order valence-corrected chi connectivity index (χ4v) is 3.23. The number of aliphatic imine (C=N–C) groups is 1. The lowest BCUT2D eigenvalue weighted by Crippen LogP contribution is -2.12. The van der Waals surface area contributed by atoms with E-state index in [1.54, 1.807) is 24.4 Å². The summed E-state index contributed by atoms with van der Waals surface area (Å²) in [5, 5.41) is 15.4. The van der Waals surface area contributed by atoms with E-state index in [0.29, 0.717) is 11.3 Å². The molecule has 142 valence electrons. The van der Waals surface area contributed by atoms with Gasteiger partial charge in [-0.2, -0.15) is 0 Å². The Hall–Kier alpha value is -3.92. The Balaban J connectivity index is 1.80. The van der Waals surface area contributed by atoms with Gasteiger partial charge in [-0.05, 0) is 47.5 Å². The van der Waals surface area contributed by atoms with Gasteiger partial charge in [0.2, 0.25) is 0 Å². The topological polar surface area (TPSA) is 61.7 Å². The molecule has 0 aliphatic rings. The third kappa shape index (κ3) is 3.87. The van der Waals surface area contributed by atoms with Crippen LogP contribution in [0.1, 0.15) is 21.5 Å². The third-order valence-corrected chi connectivity index (χ3v) is 4.79. The number of carbonyl (C=O) groups excluding carboxylic acids is 1. The van der Waals surface area contributed by atoms with Crippen molar-refractivity contribution in [3.05, 3.63) is 102 Å². The van der Waals surface area contributed by atoms with Crippen LogP contribution in [-0.2, 0) is 0 Å². The number of rotatable bonds is 4. The Kier molecular flexibility index (Phi) is 5.08. The van der Waals surface area contributed by atoms with Crippen LogP contribution < -0.4 is 5.32 Å². The molecule has 0 heterocycles. The summed E-state index contributed by atoms with van der Waals surface area (Å²) in [7, 11) is 0. The number of aromatic hydroxyl groups is 1. The molecule has 0 atom stereocenters. The number of carbonyl (C=O) groups is 1. The summed E-state index contributed by atoms with van der Waals surface area (Å²) in [6.07, 6.45) is 1.62. The highest BCUT2D eigenvalue weighted by atomic mass is 16.3. The normalized spacial score (nSPS) is 11.1. The van der Waals surface area contributed by atoms with Crippen molar-refractivity contribution in [2.24, 2.45) is 4.99 Å². The lowest BCUT2D eigenvalue weighted by molar-refractivity contribution is 0.102. The minimum Gasteiger partial charge on any atom is -0.506 e. The number of fused-ring (bicyclic) bond motifs is 1. The Morgan fingerprint density at radius 2 is 1.62 bits per heavy atom. The maximum Gasteiger partial charge on any atom is 0.259 e. The smallest absolute Gasteiger partial charge is 0.259 e. The van der Waals surface area contributed by atoms with E-state index in [1.807, 2.05) is 73.7 Å². The summed E-state index contributed by atoms with van der Waals surface area (Å²) >= 11 is 0. The monoisotopic (exact) mass is 380 g/mol. The first-order valence-corrected chi connectivity index (χ1v) is 9.34. The van der Waals surface area contributed by atoms with Crippen molar-refractivity contribution in [1.82, 2.24) is 0 Å². The van der Waals surface area contributed by atoms with Gasteiger partial charge in [0.1, 0.15) is 5.75 Å². The van der Waals surface area contributed by atoms with E-state index in [9.17, 15) is 9.90 Å². The molecule has 1 amide bonds. The number of phenols is 1. The maximum atomic E-state index is 12.8. The number of para-hydroxylation sites is 2. The average molecular weight is 380 g/mol. The Labute approximate surface area is 169 Å². The minimum atomic E-state index is -0.370. The van der Waals surface area contributed by atoms with E-state index in [-0.39, 0.29) is 17.2 Å². The minimum absolute atomic E-state index is 0.0885. The van der Waals surface area contributed by atoms with Gasteiger partial charge in [-0.3, -0.25) is 9.79 Å². The summed E-state index contributed by atoms with van der Waals surface area (Å²) in [4.78, 5) is 17.4. The molecule has 0 unspecified atom stereocenters.